The van der Waals surface area contributed by atoms with Crippen molar-refractivity contribution in [3.63, 3.8) is 0 Å². The average Bonchev–Trinajstić information content (AvgIpc) is 2.96. The van der Waals surface area contributed by atoms with Gasteiger partial charge in [0, 0.05) is 22.7 Å². The summed E-state index contributed by atoms with van der Waals surface area (Å²) in [5, 5.41) is 9.81. The number of hydrogen-bond acceptors (Lipinski definition) is 3. The Morgan fingerprint density at radius 1 is 1.44 bits per heavy atom. The van der Waals surface area contributed by atoms with E-state index in [0.29, 0.717) is 5.92 Å². The molecule has 0 saturated carbocycles. The molecule has 1 saturated heterocycles. The number of aliphatic hydroxyl groups excluding tert-OH is 1. The first kappa shape index (κ1) is 12.5. The van der Waals surface area contributed by atoms with Crippen molar-refractivity contribution in [1.29, 1.82) is 0 Å². The molecule has 3 rings (SSSR count). The van der Waals surface area contributed by atoms with Crippen molar-refractivity contribution in [3.05, 3.63) is 29.8 Å². The molecule has 18 heavy (non-hydrogen) atoms. The topological polar surface area (TPSA) is 29.5 Å². The quantitative estimate of drug-likeness (QED) is 0.910. The van der Waals surface area contributed by atoms with E-state index in [1.807, 2.05) is 11.8 Å². The fraction of sp³-hybridized carbons (Fsp3) is 0.600. The maximum atomic E-state index is 9.81. The molecule has 1 aromatic carbocycles. The van der Waals surface area contributed by atoms with Crippen LogP contribution in [0, 0.1) is 5.41 Å². The molecule has 3 unspecified atom stereocenters. The van der Waals surface area contributed by atoms with E-state index in [1.54, 1.807) is 0 Å². The van der Waals surface area contributed by atoms with Crippen LogP contribution in [0.2, 0.25) is 0 Å². The summed E-state index contributed by atoms with van der Waals surface area (Å²) in [7, 11) is 0. The summed E-state index contributed by atoms with van der Waals surface area (Å²) >= 11 is 1.95. The molecule has 1 fully saturated rings. The molecule has 2 aliphatic heterocycles. The Kier molecular flexibility index (Phi) is 3.39. The van der Waals surface area contributed by atoms with Gasteiger partial charge in [-0.15, -0.1) is 11.8 Å². The second-order valence-corrected chi connectivity index (χ2v) is 6.60. The Morgan fingerprint density at radius 2 is 2.28 bits per heavy atom. The van der Waals surface area contributed by atoms with Gasteiger partial charge in [-0.25, -0.2) is 0 Å². The van der Waals surface area contributed by atoms with Crippen molar-refractivity contribution in [1.82, 2.24) is 0 Å². The molecular formula is C15H20O2S. The fourth-order valence-corrected chi connectivity index (χ4v) is 4.50. The van der Waals surface area contributed by atoms with Gasteiger partial charge in [-0.05, 0) is 37.3 Å². The minimum absolute atomic E-state index is 0.0251. The molecule has 2 nitrogen and oxygen atoms in total. The summed E-state index contributed by atoms with van der Waals surface area (Å²) in [6, 6.07) is 8.68. The standard InChI is InChI=1S/C15H20O2S/c1-11-15(10-16,6-7-17-11)8-12-9-18-14-5-3-2-4-13(12)14/h2-5,11-12,16H,6-10H2,1H3. The average molecular weight is 264 g/mol. The predicted octanol–water partition coefficient (Wildman–Crippen LogP) is 3.05. The van der Waals surface area contributed by atoms with Gasteiger partial charge in [0.05, 0.1) is 12.7 Å². The molecule has 98 valence electrons. The van der Waals surface area contributed by atoms with Gasteiger partial charge in [-0.2, -0.15) is 0 Å². The van der Waals surface area contributed by atoms with E-state index in [4.69, 9.17) is 4.74 Å². The summed E-state index contributed by atoms with van der Waals surface area (Å²) in [5.41, 5.74) is 1.44. The van der Waals surface area contributed by atoms with Crippen LogP contribution in [0.15, 0.2) is 29.2 Å². The van der Waals surface area contributed by atoms with Gasteiger partial charge in [0.15, 0.2) is 0 Å². The Bertz CT molecular complexity index is 434. The molecule has 1 aromatic rings. The smallest absolute Gasteiger partial charge is 0.0626 e. The Morgan fingerprint density at radius 3 is 3.00 bits per heavy atom. The zero-order valence-electron chi connectivity index (χ0n) is 10.8. The van der Waals surface area contributed by atoms with Crippen molar-refractivity contribution in [2.24, 2.45) is 5.41 Å². The van der Waals surface area contributed by atoms with Crippen molar-refractivity contribution < 1.29 is 9.84 Å². The van der Waals surface area contributed by atoms with Crippen molar-refractivity contribution >= 4 is 11.8 Å². The summed E-state index contributed by atoms with van der Waals surface area (Å²) in [4.78, 5) is 1.42. The lowest BCUT2D eigenvalue weighted by Crippen LogP contribution is -2.34. The van der Waals surface area contributed by atoms with Gasteiger partial charge in [-0.3, -0.25) is 0 Å². The molecule has 0 bridgehead atoms. The van der Waals surface area contributed by atoms with Crippen molar-refractivity contribution in [2.45, 2.75) is 36.7 Å². The molecule has 0 amide bonds. The fourth-order valence-electron chi connectivity index (χ4n) is 3.25. The number of aliphatic hydroxyl groups is 1. The van der Waals surface area contributed by atoms with E-state index in [9.17, 15) is 5.11 Å². The molecule has 2 aliphatic rings. The van der Waals surface area contributed by atoms with E-state index in [1.165, 1.54) is 10.5 Å². The number of hydrogen-bond donors (Lipinski definition) is 1. The van der Waals surface area contributed by atoms with Gasteiger partial charge < -0.3 is 9.84 Å². The monoisotopic (exact) mass is 264 g/mol. The zero-order valence-corrected chi connectivity index (χ0v) is 11.6. The van der Waals surface area contributed by atoms with Crippen LogP contribution in [-0.2, 0) is 4.74 Å². The summed E-state index contributed by atoms with van der Waals surface area (Å²) in [6.07, 6.45) is 2.23. The summed E-state index contributed by atoms with van der Waals surface area (Å²) < 4.78 is 5.69. The van der Waals surface area contributed by atoms with Crippen LogP contribution >= 0.6 is 11.8 Å². The summed E-state index contributed by atoms with van der Waals surface area (Å²) in [5.74, 6) is 1.72. The van der Waals surface area contributed by atoms with Gasteiger partial charge >= 0.3 is 0 Å². The first-order chi connectivity index (χ1) is 8.75. The lowest BCUT2D eigenvalue weighted by atomic mass is 9.74. The highest BCUT2D eigenvalue weighted by molar-refractivity contribution is 7.99. The van der Waals surface area contributed by atoms with Crippen LogP contribution in [0.5, 0.6) is 0 Å². The third-order valence-electron chi connectivity index (χ3n) is 4.60. The number of rotatable bonds is 3. The second-order valence-electron chi connectivity index (χ2n) is 5.53. The Balaban J connectivity index is 1.81. The van der Waals surface area contributed by atoms with Gasteiger partial charge in [0.25, 0.3) is 0 Å². The molecule has 3 atom stereocenters. The number of benzene rings is 1. The van der Waals surface area contributed by atoms with E-state index < -0.39 is 0 Å². The minimum Gasteiger partial charge on any atom is -0.396 e. The van der Waals surface area contributed by atoms with Crippen LogP contribution in [0.4, 0.5) is 0 Å². The van der Waals surface area contributed by atoms with Gasteiger partial charge in [-0.1, -0.05) is 18.2 Å². The van der Waals surface area contributed by atoms with Crippen LogP contribution in [0.1, 0.15) is 31.2 Å². The highest BCUT2D eigenvalue weighted by Crippen LogP contribution is 2.48. The number of fused-ring (bicyclic) bond motifs is 1. The van der Waals surface area contributed by atoms with Crippen LogP contribution < -0.4 is 0 Å². The highest BCUT2D eigenvalue weighted by Gasteiger charge is 2.43. The molecule has 0 radical (unpaired) electrons. The van der Waals surface area contributed by atoms with Crippen molar-refractivity contribution in [3.8, 4) is 0 Å². The molecule has 0 aromatic heterocycles. The maximum absolute atomic E-state index is 9.81. The molecule has 3 heteroatoms. The molecule has 0 spiro atoms. The SMILES string of the molecule is CC1OCCC1(CO)CC1CSc2ccccc21. The van der Waals surface area contributed by atoms with E-state index in [-0.39, 0.29) is 18.1 Å². The summed E-state index contributed by atoms with van der Waals surface area (Å²) in [6.45, 7) is 3.15. The first-order valence-corrected chi connectivity index (χ1v) is 7.68. The third kappa shape index (κ3) is 1.98. The van der Waals surface area contributed by atoms with E-state index >= 15 is 0 Å². The molecule has 1 N–H and O–H groups in total. The van der Waals surface area contributed by atoms with E-state index in [0.717, 1.165) is 25.2 Å². The van der Waals surface area contributed by atoms with Crippen molar-refractivity contribution in [2.75, 3.05) is 19.0 Å². The van der Waals surface area contributed by atoms with Gasteiger partial charge in [0.1, 0.15) is 0 Å². The van der Waals surface area contributed by atoms with Gasteiger partial charge in [0.2, 0.25) is 0 Å². The molecular weight excluding hydrogens is 244 g/mol. The largest absolute Gasteiger partial charge is 0.396 e. The molecule has 2 heterocycles. The maximum Gasteiger partial charge on any atom is 0.0626 e. The normalized spacial score (nSPS) is 34.8. The predicted molar refractivity (Wildman–Crippen MR) is 74.1 cm³/mol. The minimum atomic E-state index is -0.0251. The van der Waals surface area contributed by atoms with Crippen LogP contribution in [-0.4, -0.2) is 30.2 Å². The lowest BCUT2D eigenvalue weighted by molar-refractivity contribution is 0.0186. The van der Waals surface area contributed by atoms with Crippen LogP contribution in [0.25, 0.3) is 0 Å². The highest BCUT2D eigenvalue weighted by atomic mass is 32.2. The Hall–Kier alpha value is -0.510. The zero-order chi connectivity index (χ0) is 12.6. The van der Waals surface area contributed by atoms with E-state index in [2.05, 4.69) is 31.2 Å². The lowest BCUT2D eigenvalue weighted by Gasteiger charge is -2.32. The number of thioether (sulfide) groups is 1. The molecule has 0 aliphatic carbocycles. The second kappa shape index (κ2) is 4.87. The number of ether oxygens (including phenoxy) is 1. The first-order valence-electron chi connectivity index (χ1n) is 6.69. The van der Waals surface area contributed by atoms with Crippen LogP contribution in [0.3, 0.4) is 0 Å². The Labute approximate surface area is 113 Å². The third-order valence-corrected chi connectivity index (χ3v) is 5.85.